The molecule has 5 nitrogen and oxygen atoms in total. The highest BCUT2D eigenvalue weighted by Gasteiger charge is 2.42. The first-order chi connectivity index (χ1) is 18.2. The minimum absolute atomic E-state index is 0.103. The van der Waals surface area contributed by atoms with Gasteiger partial charge in [-0.2, -0.15) is 0 Å². The number of nitrogens with zero attached hydrogens (tertiary/aromatic N) is 2. The molecule has 38 heavy (non-hydrogen) atoms. The molecule has 2 aliphatic heterocycles. The molecule has 0 radical (unpaired) electrons. The Morgan fingerprint density at radius 1 is 0.921 bits per heavy atom. The standard InChI is InChI=1S/C31H39F2N3O2/c1-21-7-6-8-22(2)28(21)30(38)36-19-25-17-35(18-26(25)20-36)16-13-27(23-9-4-3-5-10-23)34-29(37)24-11-14-31(32,33)15-12-24/h3-10,24-27H,11-20H2,1-2H3,(H,34,37)/t25-,26?,27?/m0/s1. The number of alkyl halides is 2. The van der Waals surface area contributed by atoms with E-state index in [-0.39, 0.29) is 49.5 Å². The highest BCUT2D eigenvalue weighted by atomic mass is 19.3. The molecule has 1 aliphatic carbocycles. The minimum Gasteiger partial charge on any atom is -0.349 e. The summed E-state index contributed by atoms with van der Waals surface area (Å²) in [4.78, 5) is 30.8. The molecule has 2 amide bonds. The van der Waals surface area contributed by atoms with Crippen molar-refractivity contribution in [3.05, 3.63) is 70.8 Å². The minimum atomic E-state index is -2.64. The van der Waals surface area contributed by atoms with Gasteiger partial charge in [0, 0.05) is 57.0 Å². The van der Waals surface area contributed by atoms with Gasteiger partial charge < -0.3 is 15.1 Å². The second-order valence-electron chi connectivity index (χ2n) is 11.6. The molecule has 2 unspecified atom stereocenters. The Hall–Kier alpha value is -2.80. The lowest BCUT2D eigenvalue weighted by atomic mass is 9.86. The summed E-state index contributed by atoms with van der Waals surface area (Å²) in [5.41, 5.74) is 3.95. The number of nitrogens with one attached hydrogen (secondary N) is 1. The zero-order valence-corrected chi connectivity index (χ0v) is 22.5. The van der Waals surface area contributed by atoms with Crippen molar-refractivity contribution >= 4 is 11.8 Å². The van der Waals surface area contributed by atoms with E-state index in [1.165, 1.54) is 0 Å². The third-order valence-corrected chi connectivity index (χ3v) is 8.88. The van der Waals surface area contributed by atoms with Gasteiger partial charge in [-0.1, -0.05) is 48.5 Å². The van der Waals surface area contributed by atoms with Crippen molar-refractivity contribution in [2.45, 2.75) is 57.9 Å². The SMILES string of the molecule is Cc1cccc(C)c1C(=O)N1CC2CN(CCC(NC(=O)C3CCC(F)(F)CC3)c3ccccc3)C[C@H]2C1. The maximum Gasteiger partial charge on any atom is 0.254 e. The van der Waals surface area contributed by atoms with Crippen LogP contribution in [0.5, 0.6) is 0 Å². The molecule has 0 aromatic heterocycles. The summed E-state index contributed by atoms with van der Waals surface area (Å²) in [6.07, 6.45) is 0.838. The Labute approximate surface area is 224 Å². The molecule has 2 aromatic rings. The number of benzene rings is 2. The fraction of sp³-hybridized carbons (Fsp3) is 0.548. The topological polar surface area (TPSA) is 52.7 Å². The molecule has 7 heteroatoms. The van der Waals surface area contributed by atoms with Gasteiger partial charge in [-0.3, -0.25) is 9.59 Å². The van der Waals surface area contributed by atoms with Crippen LogP contribution in [0, 0.1) is 31.6 Å². The van der Waals surface area contributed by atoms with Crippen molar-refractivity contribution in [2.75, 3.05) is 32.7 Å². The number of carbonyl (C=O) groups is 2. The van der Waals surface area contributed by atoms with Gasteiger partial charge in [0.05, 0.1) is 6.04 Å². The van der Waals surface area contributed by atoms with Crippen LogP contribution in [0.15, 0.2) is 48.5 Å². The van der Waals surface area contributed by atoms with Crippen molar-refractivity contribution in [3.63, 3.8) is 0 Å². The van der Waals surface area contributed by atoms with Crippen LogP contribution in [0.3, 0.4) is 0 Å². The average Bonchev–Trinajstić information content (AvgIpc) is 3.46. The molecule has 204 valence electrons. The van der Waals surface area contributed by atoms with Crippen LogP contribution in [0.4, 0.5) is 8.78 Å². The number of likely N-dealkylation sites (tertiary alicyclic amines) is 2. The van der Waals surface area contributed by atoms with Crippen LogP contribution in [-0.2, 0) is 4.79 Å². The van der Waals surface area contributed by atoms with Gasteiger partial charge in [0.25, 0.3) is 5.91 Å². The molecule has 3 atom stereocenters. The summed E-state index contributed by atoms with van der Waals surface area (Å²) >= 11 is 0. The van der Waals surface area contributed by atoms with Gasteiger partial charge in [-0.15, -0.1) is 0 Å². The van der Waals surface area contributed by atoms with Crippen molar-refractivity contribution in [1.29, 1.82) is 0 Å². The van der Waals surface area contributed by atoms with Gasteiger partial charge in [-0.25, -0.2) is 8.78 Å². The van der Waals surface area contributed by atoms with Crippen molar-refractivity contribution in [3.8, 4) is 0 Å². The van der Waals surface area contributed by atoms with Crippen LogP contribution in [-0.4, -0.2) is 60.3 Å². The summed E-state index contributed by atoms with van der Waals surface area (Å²) in [5.74, 6) is -1.99. The Morgan fingerprint density at radius 2 is 1.53 bits per heavy atom. The van der Waals surface area contributed by atoms with Crippen LogP contribution in [0.1, 0.15) is 65.2 Å². The lowest BCUT2D eigenvalue weighted by molar-refractivity contribution is -0.130. The second-order valence-corrected chi connectivity index (χ2v) is 11.6. The fourth-order valence-electron chi connectivity index (χ4n) is 6.66. The summed E-state index contributed by atoms with van der Waals surface area (Å²) in [6, 6.07) is 15.8. The number of carbonyl (C=O) groups excluding carboxylic acids is 2. The molecule has 3 aliphatic rings. The molecular formula is C31H39F2N3O2. The Bertz CT molecular complexity index is 1110. The van der Waals surface area contributed by atoms with Crippen LogP contribution >= 0.6 is 0 Å². The van der Waals surface area contributed by atoms with Gasteiger partial charge in [-0.05, 0) is 61.6 Å². The Morgan fingerprint density at radius 3 is 2.13 bits per heavy atom. The van der Waals surface area contributed by atoms with E-state index in [9.17, 15) is 18.4 Å². The number of hydrogen-bond donors (Lipinski definition) is 1. The monoisotopic (exact) mass is 523 g/mol. The van der Waals surface area contributed by atoms with Gasteiger partial charge in [0.1, 0.15) is 0 Å². The summed E-state index contributed by atoms with van der Waals surface area (Å²) < 4.78 is 27.2. The first-order valence-electron chi connectivity index (χ1n) is 14.0. The number of rotatable bonds is 7. The van der Waals surface area contributed by atoms with Crippen molar-refractivity contribution in [1.82, 2.24) is 15.1 Å². The summed E-state index contributed by atoms with van der Waals surface area (Å²) in [7, 11) is 0. The van der Waals surface area contributed by atoms with E-state index in [2.05, 4.69) is 10.2 Å². The molecule has 1 N–H and O–H groups in total. The predicted molar refractivity (Wildman–Crippen MR) is 144 cm³/mol. The van der Waals surface area contributed by atoms with E-state index in [1.807, 2.05) is 67.3 Å². The number of halogens is 2. The van der Waals surface area contributed by atoms with Crippen LogP contribution < -0.4 is 5.32 Å². The largest absolute Gasteiger partial charge is 0.349 e. The molecule has 5 rings (SSSR count). The number of amides is 2. The maximum absolute atomic E-state index is 13.6. The first-order valence-corrected chi connectivity index (χ1v) is 14.0. The molecule has 2 heterocycles. The summed E-state index contributed by atoms with van der Waals surface area (Å²) in [6.45, 7) is 8.34. The van der Waals surface area contributed by atoms with E-state index < -0.39 is 5.92 Å². The third-order valence-electron chi connectivity index (χ3n) is 8.88. The van der Waals surface area contributed by atoms with Gasteiger partial charge >= 0.3 is 0 Å². The van der Waals surface area contributed by atoms with Crippen LogP contribution in [0.25, 0.3) is 0 Å². The molecule has 0 bridgehead atoms. The predicted octanol–water partition coefficient (Wildman–Crippen LogP) is 5.38. The lowest BCUT2D eigenvalue weighted by Crippen LogP contribution is -2.39. The average molecular weight is 524 g/mol. The lowest BCUT2D eigenvalue weighted by Gasteiger charge is -2.30. The Balaban J connectivity index is 1.16. The van der Waals surface area contributed by atoms with Crippen LogP contribution in [0.2, 0.25) is 0 Å². The number of fused-ring (bicyclic) bond motifs is 1. The maximum atomic E-state index is 13.6. The molecule has 0 spiro atoms. The fourth-order valence-corrected chi connectivity index (χ4v) is 6.66. The van der Waals surface area contributed by atoms with Crippen molar-refractivity contribution in [2.24, 2.45) is 17.8 Å². The van der Waals surface area contributed by atoms with Gasteiger partial charge in [0.15, 0.2) is 0 Å². The van der Waals surface area contributed by atoms with E-state index in [0.717, 1.165) is 61.4 Å². The zero-order valence-electron chi connectivity index (χ0n) is 22.5. The van der Waals surface area contributed by atoms with E-state index >= 15 is 0 Å². The molecule has 1 saturated carbocycles. The molecule has 2 saturated heterocycles. The summed E-state index contributed by atoms with van der Waals surface area (Å²) in [5, 5.41) is 3.19. The van der Waals surface area contributed by atoms with Gasteiger partial charge in [0.2, 0.25) is 11.8 Å². The smallest absolute Gasteiger partial charge is 0.254 e. The molecule has 3 fully saturated rings. The molecular weight excluding hydrogens is 484 g/mol. The number of aryl methyl sites for hydroxylation is 2. The normalized spacial score (nSPS) is 24.3. The quantitative estimate of drug-likeness (QED) is 0.530. The van der Waals surface area contributed by atoms with Crippen molar-refractivity contribution < 1.29 is 18.4 Å². The molecule has 2 aromatic carbocycles. The van der Waals surface area contributed by atoms with E-state index in [0.29, 0.717) is 11.8 Å². The second kappa shape index (κ2) is 11.1. The third kappa shape index (κ3) is 5.93. The first kappa shape index (κ1) is 26.8. The highest BCUT2D eigenvalue weighted by Crippen LogP contribution is 2.37. The zero-order chi connectivity index (χ0) is 26.9. The van der Waals surface area contributed by atoms with E-state index in [1.54, 1.807) is 0 Å². The van der Waals surface area contributed by atoms with E-state index in [4.69, 9.17) is 0 Å². The Kier molecular flexibility index (Phi) is 7.85. The highest BCUT2D eigenvalue weighted by molar-refractivity contribution is 5.97. The number of hydrogen-bond acceptors (Lipinski definition) is 3.